The number of amides is 1. The summed E-state index contributed by atoms with van der Waals surface area (Å²) in [6.45, 7) is 3.51. The van der Waals surface area contributed by atoms with Gasteiger partial charge >= 0.3 is 0 Å². The maximum absolute atomic E-state index is 12.2. The van der Waals surface area contributed by atoms with Gasteiger partial charge in [0.25, 0.3) is 5.91 Å². The first-order valence-corrected chi connectivity index (χ1v) is 9.73. The number of nitrogens with zero attached hydrogens (tertiary/aromatic N) is 1. The normalized spacial score (nSPS) is 11.9. The van der Waals surface area contributed by atoms with Gasteiger partial charge in [-0.3, -0.25) is 9.79 Å². The number of guanidine groups is 1. The van der Waals surface area contributed by atoms with E-state index in [1.807, 2.05) is 31.2 Å². The van der Waals surface area contributed by atoms with Crippen molar-refractivity contribution in [3.63, 3.8) is 0 Å². The fourth-order valence-corrected chi connectivity index (χ4v) is 2.63. The van der Waals surface area contributed by atoms with E-state index in [9.17, 15) is 4.79 Å². The number of hydrogen-bond donors (Lipinski definition) is 3. The highest BCUT2D eigenvalue weighted by atomic mass is 16.5. The summed E-state index contributed by atoms with van der Waals surface area (Å²) in [6.07, 6.45) is -0.0802. The van der Waals surface area contributed by atoms with E-state index in [-0.39, 0.29) is 12.0 Å². The van der Waals surface area contributed by atoms with Crippen molar-refractivity contribution < 1.29 is 19.0 Å². The Labute approximate surface area is 177 Å². The van der Waals surface area contributed by atoms with Crippen LogP contribution in [0.25, 0.3) is 0 Å². The Morgan fingerprint density at radius 2 is 1.57 bits per heavy atom. The smallest absolute Gasteiger partial charge is 0.251 e. The lowest BCUT2D eigenvalue weighted by Gasteiger charge is -2.18. The van der Waals surface area contributed by atoms with Crippen LogP contribution in [0.4, 0.5) is 0 Å². The number of carbonyl (C=O) groups is 1. The third-order valence-corrected chi connectivity index (χ3v) is 4.19. The van der Waals surface area contributed by atoms with E-state index in [0.29, 0.717) is 36.9 Å². The number of methoxy groups -OCH3 is 2. The Hall–Kier alpha value is -3.42. The Bertz CT molecular complexity index is 841. The third kappa shape index (κ3) is 7.54. The van der Waals surface area contributed by atoms with Crippen LogP contribution in [-0.2, 0) is 0 Å². The molecular formula is C22H30N4O4. The molecule has 8 nitrogen and oxygen atoms in total. The molecule has 0 bridgehead atoms. The molecule has 2 rings (SSSR count). The van der Waals surface area contributed by atoms with Gasteiger partial charge in [-0.25, -0.2) is 0 Å². The van der Waals surface area contributed by atoms with Gasteiger partial charge in [0.1, 0.15) is 23.4 Å². The molecule has 2 aromatic carbocycles. The number of hydrogen-bond acceptors (Lipinski definition) is 5. The number of benzene rings is 2. The lowest BCUT2D eigenvalue weighted by atomic mass is 10.2. The first kappa shape index (κ1) is 22.9. The molecule has 0 aliphatic rings. The fraction of sp³-hybridized carbons (Fsp3) is 0.364. The van der Waals surface area contributed by atoms with Crippen LogP contribution in [0.1, 0.15) is 17.3 Å². The molecule has 0 spiro atoms. The molecule has 0 aliphatic carbocycles. The molecule has 1 unspecified atom stereocenters. The standard InChI is InChI=1S/C22H30N4O4/c1-16(30-20-10-6-9-19(14-20)29-4)15-26-22(23-2)25-12-11-24-21(27)17-7-5-8-18(13-17)28-3/h5-10,13-14,16H,11-12,15H2,1-4H3,(H,24,27)(H2,23,25,26). The Kier molecular flexibility index (Phi) is 9.30. The average Bonchev–Trinajstić information content (AvgIpc) is 2.78. The molecule has 0 heterocycles. The van der Waals surface area contributed by atoms with Crippen molar-refractivity contribution in [3.8, 4) is 17.2 Å². The summed E-state index contributed by atoms with van der Waals surface area (Å²) in [5.41, 5.74) is 0.556. The van der Waals surface area contributed by atoms with Crippen LogP contribution in [-0.4, -0.2) is 58.9 Å². The summed E-state index contributed by atoms with van der Waals surface area (Å²) in [4.78, 5) is 16.4. The summed E-state index contributed by atoms with van der Waals surface area (Å²) in [6, 6.07) is 14.5. The van der Waals surface area contributed by atoms with Gasteiger partial charge in [-0.15, -0.1) is 0 Å². The molecule has 162 valence electrons. The van der Waals surface area contributed by atoms with Gasteiger partial charge in [-0.1, -0.05) is 12.1 Å². The largest absolute Gasteiger partial charge is 0.497 e. The monoisotopic (exact) mass is 414 g/mol. The highest BCUT2D eigenvalue weighted by molar-refractivity contribution is 5.94. The summed E-state index contributed by atoms with van der Waals surface area (Å²) in [5.74, 6) is 2.62. The minimum atomic E-state index is -0.154. The molecule has 1 atom stereocenters. The number of rotatable bonds is 10. The van der Waals surface area contributed by atoms with E-state index < -0.39 is 0 Å². The first-order chi connectivity index (χ1) is 14.5. The predicted molar refractivity (Wildman–Crippen MR) is 118 cm³/mol. The second kappa shape index (κ2) is 12.2. The van der Waals surface area contributed by atoms with Crippen molar-refractivity contribution in [3.05, 3.63) is 54.1 Å². The van der Waals surface area contributed by atoms with Gasteiger partial charge < -0.3 is 30.2 Å². The van der Waals surface area contributed by atoms with Crippen molar-refractivity contribution in [2.24, 2.45) is 4.99 Å². The molecule has 0 saturated heterocycles. The van der Waals surface area contributed by atoms with Crippen molar-refractivity contribution in [2.45, 2.75) is 13.0 Å². The summed E-state index contributed by atoms with van der Waals surface area (Å²) in [7, 11) is 4.89. The number of nitrogens with one attached hydrogen (secondary N) is 3. The van der Waals surface area contributed by atoms with Crippen molar-refractivity contribution in [1.29, 1.82) is 0 Å². The van der Waals surface area contributed by atoms with Crippen LogP contribution in [0.2, 0.25) is 0 Å². The average molecular weight is 415 g/mol. The van der Waals surface area contributed by atoms with Crippen LogP contribution >= 0.6 is 0 Å². The molecule has 30 heavy (non-hydrogen) atoms. The minimum Gasteiger partial charge on any atom is -0.497 e. The second-order valence-corrected chi connectivity index (χ2v) is 6.48. The maximum atomic E-state index is 12.2. The predicted octanol–water partition coefficient (Wildman–Crippen LogP) is 2.07. The molecule has 8 heteroatoms. The van der Waals surface area contributed by atoms with Gasteiger partial charge in [0.15, 0.2) is 5.96 Å². The first-order valence-electron chi connectivity index (χ1n) is 9.73. The molecule has 0 aliphatic heterocycles. The molecule has 0 radical (unpaired) electrons. The third-order valence-electron chi connectivity index (χ3n) is 4.19. The van der Waals surface area contributed by atoms with E-state index in [1.54, 1.807) is 45.5 Å². The van der Waals surface area contributed by atoms with E-state index in [2.05, 4.69) is 20.9 Å². The van der Waals surface area contributed by atoms with Crippen molar-refractivity contribution in [1.82, 2.24) is 16.0 Å². The highest BCUT2D eigenvalue weighted by Gasteiger charge is 2.08. The zero-order valence-corrected chi connectivity index (χ0v) is 17.9. The Morgan fingerprint density at radius 1 is 0.933 bits per heavy atom. The van der Waals surface area contributed by atoms with Crippen LogP contribution in [0.5, 0.6) is 17.2 Å². The van der Waals surface area contributed by atoms with E-state index in [0.717, 1.165) is 11.5 Å². The topological polar surface area (TPSA) is 93.2 Å². The van der Waals surface area contributed by atoms with Gasteiger partial charge in [-0.2, -0.15) is 0 Å². The summed E-state index contributed by atoms with van der Waals surface area (Å²) in [5, 5.41) is 9.23. The zero-order chi connectivity index (χ0) is 21.8. The second-order valence-electron chi connectivity index (χ2n) is 6.48. The summed E-state index contributed by atoms with van der Waals surface area (Å²) < 4.78 is 16.2. The molecule has 1 amide bonds. The SMILES string of the molecule is CN=C(NCCNC(=O)c1cccc(OC)c1)NCC(C)Oc1cccc(OC)c1. The van der Waals surface area contributed by atoms with E-state index in [4.69, 9.17) is 14.2 Å². The van der Waals surface area contributed by atoms with Crippen LogP contribution in [0, 0.1) is 0 Å². The summed E-state index contributed by atoms with van der Waals surface area (Å²) >= 11 is 0. The molecule has 0 fully saturated rings. The van der Waals surface area contributed by atoms with Crippen LogP contribution in [0.15, 0.2) is 53.5 Å². The molecule has 2 aromatic rings. The number of ether oxygens (including phenoxy) is 3. The number of carbonyl (C=O) groups excluding carboxylic acids is 1. The van der Waals surface area contributed by atoms with Crippen molar-refractivity contribution in [2.75, 3.05) is 40.9 Å². The van der Waals surface area contributed by atoms with Crippen LogP contribution < -0.4 is 30.2 Å². The molecule has 0 saturated carbocycles. The molecule has 3 N–H and O–H groups in total. The van der Waals surface area contributed by atoms with Gasteiger partial charge in [0.2, 0.25) is 0 Å². The highest BCUT2D eigenvalue weighted by Crippen LogP contribution is 2.19. The molecular weight excluding hydrogens is 384 g/mol. The quantitative estimate of drug-likeness (QED) is 0.313. The van der Waals surface area contributed by atoms with Gasteiger partial charge in [0.05, 0.1) is 20.8 Å². The Balaban J connectivity index is 1.69. The molecule has 0 aromatic heterocycles. The number of aliphatic imine (C=N–C) groups is 1. The van der Waals surface area contributed by atoms with E-state index >= 15 is 0 Å². The maximum Gasteiger partial charge on any atom is 0.251 e. The zero-order valence-electron chi connectivity index (χ0n) is 17.9. The van der Waals surface area contributed by atoms with Gasteiger partial charge in [0, 0.05) is 31.8 Å². The fourth-order valence-electron chi connectivity index (χ4n) is 2.63. The van der Waals surface area contributed by atoms with Crippen LogP contribution in [0.3, 0.4) is 0 Å². The Morgan fingerprint density at radius 3 is 2.27 bits per heavy atom. The van der Waals surface area contributed by atoms with E-state index in [1.165, 1.54) is 0 Å². The van der Waals surface area contributed by atoms with Gasteiger partial charge in [-0.05, 0) is 37.3 Å². The van der Waals surface area contributed by atoms with Crippen molar-refractivity contribution >= 4 is 11.9 Å². The lowest BCUT2D eigenvalue weighted by Crippen LogP contribution is -2.44. The lowest BCUT2D eigenvalue weighted by molar-refractivity contribution is 0.0954. The minimum absolute atomic E-state index is 0.0802.